The lowest BCUT2D eigenvalue weighted by atomic mass is 10.1. The highest BCUT2D eigenvalue weighted by atomic mass is 127. The van der Waals surface area contributed by atoms with E-state index in [1.165, 1.54) is 0 Å². The number of nitrogens with zero attached hydrogens (tertiary/aromatic N) is 1. The Balaban J connectivity index is 3.32. The molecule has 0 saturated heterocycles. The van der Waals surface area contributed by atoms with Gasteiger partial charge in [-0.25, -0.2) is 0 Å². The van der Waals surface area contributed by atoms with Crippen molar-refractivity contribution in [1.82, 2.24) is 4.90 Å². The summed E-state index contributed by atoms with van der Waals surface area (Å²) >= 11 is 2.18. The topological polar surface area (TPSA) is 38.8 Å². The third kappa shape index (κ3) is 5.04. The van der Waals surface area contributed by atoms with E-state index in [4.69, 9.17) is 9.47 Å². The molecule has 124 valence electrons. The van der Waals surface area contributed by atoms with E-state index in [1.807, 2.05) is 53.7 Å². The molecular formula is C17H26INO3. The highest BCUT2D eigenvalue weighted by Gasteiger charge is 2.23. The number of benzene rings is 1. The summed E-state index contributed by atoms with van der Waals surface area (Å²) in [6, 6.07) is 3.71. The summed E-state index contributed by atoms with van der Waals surface area (Å²) in [5, 5.41) is 0. The quantitative estimate of drug-likeness (QED) is 0.617. The third-order valence-electron chi connectivity index (χ3n) is 3.03. The first-order chi connectivity index (χ1) is 10.3. The van der Waals surface area contributed by atoms with E-state index in [9.17, 15) is 4.79 Å². The molecule has 0 radical (unpaired) electrons. The SMILES string of the molecule is CCN(CC)C(=O)c1c(I)cc(OC(C)C)cc1OC(C)C. The van der Waals surface area contributed by atoms with Gasteiger partial charge in [-0.2, -0.15) is 0 Å². The lowest BCUT2D eigenvalue weighted by molar-refractivity contribution is 0.0765. The fourth-order valence-electron chi connectivity index (χ4n) is 2.12. The molecule has 0 atom stereocenters. The van der Waals surface area contributed by atoms with Gasteiger partial charge in [0.1, 0.15) is 11.5 Å². The first kappa shape index (κ1) is 19.1. The van der Waals surface area contributed by atoms with Crippen molar-refractivity contribution in [3.8, 4) is 11.5 Å². The van der Waals surface area contributed by atoms with Crippen molar-refractivity contribution < 1.29 is 14.3 Å². The smallest absolute Gasteiger partial charge is 0.258 e. The van der Waals surface area contributed by atoms with E-state index < -0.39 is 0 Å². The van der Waals surface area contributed by atoms with Crippen LogP contribution in [0.25, 0.3) is 0 Å². The molecule has 22 heavy (non-hydrogen) atoms. The van der Waals surface area contributed by atoms with Gasteiger partial charge in [0.25, 0.3) is 5.91 Å². The number of ether oxygens (including phenoxy) is 2. The molecule has 0 N–H and O–H groups in total. The van der Waals surface area contributed by atoms with Gasteiger partial charge in [-0.3, -0.25) is 4.79 Å². The van der Waals surface area contributed by atoms with Gasteiger partial charge in [-0.15, -0.1) is 0 Å². The summed E-state index contributed by atoms with van der Waals surface area (Å²) in [4.78, 5) is 14.6. The Morgan fingerprint density at radius 3 is 2.09 bits per heavy atom. The van der Waals surface area contributed by atoms with Crippen LogP contribution in [0.15, 0.2) is 12.1 Å². The average Bonchev–Trinajstić information content (AvgIpc) is 2.37. The van der Waals surface area contributed by atoms with Gasteiger partial charge in [-0.1, -0.05) is 0 Å². The summed E-state index contributed by atoms with van der Waals surface area (Å²) in [5.74, 6) is 1.32. The number of carbonyl (C=O) groups excluding carboxylic acids is 1. The van der Waals surface area contributed by atoms with Gasteiger partial charge in [0.05, 0.1) is 17.8 Å². The summed E-state index contributed by atoms with van der Waals surface area (Å²) in [6.45, 7) is 13.2. The minimum atomic E-state index is -0.00615. The fourth-order valence-corrected chi connectivity index (χ4v) is 2.92. The monoisotopic (exact) mass is 419 g/mol. The van der Waals surface area contributed by atoms with Gasteiger partial charge < -0.3 is 14.4 Å². The van der Waals surface area contributed by atoms with Crippen molar-refractivity contribution in [2.24, 2.45) is 0 Å². The van der Waals surface area contributed by atoms with Crippen molar-refractivity contribution in [3.63, 3.8) is 0 Å². The Bertz CT molecular complexity index is 511. The van der Waals surface area contributed by atoms with Gasteiger partial charge in [0.2, 0.25) is 0 Å². The van der Waals surface area contributed by atoms with Crippen molar-refractivity contribution in [2.75, 3.05) is 13.1 Å². The van der Waals surface area contributed by atoms with Crippen LogP contribution in [-0.4, -0.2) is 36.1 Å². The predicted octanol–water partition coefficient (Wildman–Crippen LogP) is 4.35. The highest BCUT2D eigenvalue weighted by Crippen LogP contribution is 2.32. The molecule has 0 bridgehead atoms. The van der Waals surface area contributed by atoms with Crippen LogP contribution >= 0.6 is 22.6 Å². The molecule has 4 nitrogen and oxygen atoms in total. The minimum absolute atomic E-state index is 0.00106. The Labute approximate surface area is 147 Å². The van der Waals surface area contributed by atoms with Crippen molar-refractivity contribution in [1.29, 1.82) is 0 Å². The Morgan fingerprint density at radius 1 is 1.09 bits per heavy atom. The molecular weight excluding hydrogens is 393 g/mol. The number of halogens is 1. The Hall–Kier alpha value is -0.980. The molecule has 5 heteroatoms. The molecule has 1 aromatic rings. The van der Waals surface area contributed by atoms with Crippen LogP contribution in [0, 0.1) is 3.57 Å². The van der Waals surface area contributed by atoms with E-state index in [1.54, 1.807) is 4.90 Å². The molecule has 1 amide bonds. The molecule has 0 saturated carbocycles. The summed E-state index contributed by atoms with van der Waals surface area (Å²) < 4.78 is 12.5. The van der Waals surface area contributed by atoms with Crippen molar-refractivity contribution in [2.45, 2.75) is 53.8 Å². The molecule has 0 spiro atoms. The van der Waals surface area contributed by atoms with Gasteiger partial charge in [-0.05, 0) is 70.2 Å². The standard InChI is InChI=1S/C17H26INO3/c1-7-19(8-2)17(20)16-14(18)9-13(21-11(3)4)10-15(16)22-12(5)6/h9-12H,7-8H2,1-6H3. The number of hydrogen-bond donors (Lipinski definition) is 0. The zero-order chi connectivity index (χ0) is 16.9. The van der Waals surface area contributed by atoms with Crippen LogP contribution in [0.2, 0.25) is 0 Å². The average molecular weight is 419 g/mol. The highest BCUT2D eigenvalue weighted by molar-refractivity contribution is 14.1. The largest absolute Gasteiger partial charge is 0.491 e. The molecule has 1 aromatic carbocycles. The minimum Gasteiger partial charge on any atom is -0.491 e. The molecule has 0 heterocycles. The zero-order valence-corrected chi connectivity index (χ0v) is 16.4. The summed E-state index contributed by atoms with van der Waals surface area (Å²) in [7, 11) is 0. The van der Waals surface area contributed by atoms with Gasteiger partial charge in [0, 0.05) is 22.7 Å². The molecule has 0 aliphatic carbocycles. The first-order valence-electron chi connectivity index (χ1n) is 7.76. The number of rotatable bonds is 7. The van der Waals surface area contributed by atoms with E-state index in [0.717, 1.165) is 9.32 Å². The maximum Gasteiger partial charge on any atom is 0.258 e. The van der Waals surface area contributed by atoms with Crippen molar-refractivity contribution >= 4 is 28.5 Å². The van der Waals surface area contributed by atoms with Crippen LogP contribution in [-0.2, 0) is 0 Å². The number of hydrogen-bond acceptors (Lipinski definition) is 3. The molecule has 0 aromatic heterocycles. The van der Waals surface area contributed by atoms with Crippen LogP contribution in [0.4, 0.5) is 0 Å². The molecule has 1 rings (SSSR count). The maximum atomic E-state index is 12.8. The van der Waals surface area contributed by atoms with E-state index in [-0.39, 0.29) is 18.1 Å². The summed E-state index contributed by atoms with van der Waals surface area (Å²) in [5.41, 5.74) is 0.620. The lowest BCUT2D eigenvalue weighted by Crippen LogP contribution is -2.31. The van der Waals surface area contributed by atoms with Crippen LogP contribution in [0.3, 0.4) is 0 Å². The molecule has 0 aliphatic heterocycles. The van der Waals surface area contributed by atoms with E-state index >= 15 is 0 Å². The zero-order valence-electron chi connectivity index (χ0n) is 14.3. The van der Waals surface area contributed by atoms with Crippen molar-refractivity contribution in [3.05, 3.63) is 21.3 Å². The Kier molecular flexibility index (Phi) is 7.45. The van der Waals surface area contributed by atoms with Gasteiger partial charge in [0.15, 0.2) is 0 Å². The molecule has 0 aliphatic rings. The van der Waals surface area contributed by atoms with Gasteiger partial charge >= 0.3 is 0 Å². The van der Waals surface area contributed by atoms with E-state index in [2.05, 4.69) is 22.6 Å². The lowest BCUT2D eigenvalue weighted by Gasteiger charge is -2.23. The predicted molar refractivity (Wildman–Crippen MR) is 97.9 cm³/mol. The van der Waals surface area contributed by atoms with Crippen LogP contribution in [0.1, 0.15) is 51.9 Å². The van der Waals surface area contributed by atoms with Crippen LogP contribution < -0.4 is 9.47 Å². The summed E-state index contributed by atoms with van der Waals surface area (Å²) in [6.07, 6.45) is 0.0698. The second-order valence-corrected chi connectivity index (χ2v) is 6.75. The second-order valence-electron chi connectivity index (χ2n) is 5.59. The third-order valence-corrected chi connectivity index (χ3v) is 3.88. The van der Waals surface area contributed by atoms with Crippen LogP contribution in [0.5, 0.6) is 11.5 Å². The van der Waals surface area contributed by atoms with E-state index in [0.29, 0.717) is 24.4 Å². The Morgan fingerprint density at radius 2 is 1.64 bits per heavy atom. The maximum absolute atomic E-state index is 12.8. The molecule has 0 fully saturated rings. The fraction of sp³-hybridized carbons (Fsp3) is 0.588. The number of amides is 1. The second kappa shape index (κ2) is 8.60. The first-order valence-corrected chi connectivity index (χ1v) is 8.84. The normalized spacial score (nSPS) is 11.0. The molecule has 0 unspecified atom stereocenters. The number of carbonyl (C=O) groups is 1.